The smallest absolute Gasteiger partial charge is 0.417 e. The number of hydrogen-bond acceptors (Lipinski definition) is 11. The van der Waals surface area contributed by atoms with Gasteiger partial charge in [0.2, 0.25) is 20.0 Å². The van der Waals surface area contributed by atoms with Gasteiger partial charge in [-0.15, -0.1) is 12.4 Å². The Labute approximate surface area is 422 Å². The van der Waals surface area contributed by atoms with E-state index in [1.807, 2.05) is 0 Å². The third-order valence-corrected chi connectivity index (χ3v) is 14.9. The summed E-state index contributed by atoms with van der Waals surface area (Å²) in [4.78, 5) is 39.2. The van der Waals surface area contributed by atoms with Crippen molar-refractivity contribution in [3.8, 4) is 22.5 Å². The normalized spacial score (nSPS) is 18.3. The summed E-state index contributed by atoms with van der Waals surface area (Å²) >= 11 is 0. The molecule has 396 valence electrons. The molecule has 2 aliphatic rings. The van der Waals surface area contributed by atoms with Crippen LogP contribution in [0, 0.1) is 11.6 Å². The second-order valence-electron chi connectivity index (χ2n) is 16.2. The maximum absolute atomic E-state index is 14.2. The number of hydrogen-bond donors (Lipinski definition) is 2. The first-order valence-electron chi connectivity index (χ1n) is 21.5. The predicted molar refractivity (Wildman–Crippen MR) is 248 cm³/mol. The zero-order chi connectivity index (χ0) is 53.5. The van der Waals surface area contributed by atoms with Crippen LogP contribution >= 0.6 is 12.4 Å². The minimum atomic E-state index is -4.51. The van der Waals surface area contributed by atoms with E-state index in [1.165, 1.54) is 18.3 Å². The summed E-state index contributed by atoms with van der Waals surface area (Å²) in [6.45, 7) is -0.714. The van der Waals surface area contributed by atoms with E-state index in [4.69, 9.17) is 10.8 Å². The molecule has 6 heterocycles. The van der Waals surface area contributed by atoms with Gasteiger partial charge in [0.1, 0.15) is 30.0 Å². The van der Waals surface area contributed by atoms with E-state index in [1.54, 1.807) is 30.5 Å². The van der Waals surface area contributed by atoms with Crippen LogP contribution in [0.5, 0.6) is 0 Å². The van der Waals surface area contributed by atoms with Gasteiger partial charge in [0.25, 0.3) is 0 Å². The number of carboxylic acids is 1. The van der Waals surface area contributed by atoms with Crippen LogP contribution in [0.15, 0.2) is 132 Å². The van der Waals surface area contributed by atoms with E-state index >= 15 is 0 Å². The van der Waals surface area contributed by atoms with Gasteiger partial charge in [0, 0.05) is 80.5 Å². The van der Waals surface area contributed by atoms with Crippen LogP contribution in [0.3, 0.4) is 0 Å². The number of pyridine rings is 4. The molecule has 0 bridgehead atoms. The maximum Gasteiger partial charge on any atom is 0.417 e. The second kappa shape index (κ2) is 24.3. The van der Waals surface area contributed by atoms with E-state index in [9.17, 15) is 70.3 Å². The number of nitrogens with two attached hydrogens (primary N) is 1. The van der Waals surface area contributed by atoms with Gasteiger partial charge in [-0.25, -0.2) is 34.4 Å². The molecule has 0 radical (unpaired) electrons. The van der Waals surface area contributed by atoms with Crippen LogP contribution in [-0.2, 0) is 55.0 Å². The molecule has 0 amide bonds. The minimum absolute atomic E-state index is 0. The zero-order valence-electron chi connectivity index (χ0n) is 38.0. The maximum atomic E-state index is 14.2. The van der Waals surface area contributed by atoms with E-state index in [0.29, 0.717) is 32.5 Å². The Balaban J connectivity index is 0.000000225. The number of Topliss-reactive ketones (excluding diaryl/α,β-unsaturated/α-hetero) is 1. The summed E-state index contributed by atoms with van der Waals surface area (Å²) in [6.07, 6.45) is -8.10. The third kappa shape index (κ3) is 14.6. The van der Waals surface area contributed by atoms with Crippen LogP contribution in [-0.4, -0.2) is 99.8 Å². The van der Waals surface area contributed by atoms with E-state index in [0.717, 1.165) is 77.4 Å². The van der Waals surface area contributed by atoms with Crippen molar-refractivity contribution < 1.29 is 75.4 Å². The fourth-order valence-corrected chi connectivity index (χ4v) is 10.7. The molecule has 2 fully saturated rings. The topological polar surface area (TPSA) is 207 Å². The number of halogens is 11. The Morgan fingerprint density at radius 3 is 1.41 bits per heavy atom. The Bertz CT molecular complexity index is 3110. The van der Waals surface area contributed by atoms with Gasteiger partial charge in [-0.3, -0.25) is 29.5 Å². The average Bonchev–Trinajstić information content (AvgIpc) is 3.97. The first-order valence-corrected chi connectivity index (χ1v) is 24.4. The largest absolute Gasteiger partial charge is 0.480 e. The number of nitrogens with zero attached hydrogens (tertiary/aromatic N) is 6. The summed E-state index contributed by atoms with van der Waals surface area (Å²) in [6, 6.07) is 16.3. The van der Waals surface area contributed by atoms with Crippen molar-refractivity contribution in [3.05, 3.63) is 156 Å². The molecule has 6 aromatic rings. The lowest BCUT2D eigenvalue weighted by Crippen LogP contribution is -2.40. The van der Waals surface area contributed by atoms with Crippen LogP contribution in [0.2, 0.25) is 0 Å². The molecule has 0 aliphatic carbocycles. The van der Waals surface area contributed by atoms with Crippen LogP contribution in [0.1, 0.15) is 41.8 Å². The molecule has 14 nitrogen and oxygen atoms in total. The highest BCUT2D eigenvalue weighted by atomic mass is 35.5. The molecule has 27 heteroatoms. The van der Waals surface area contributed by atoms with Crippen LogP contribution < -0.4 is 5.73 Å². The lowest BCUT2D eigenvalue weighted by atomic mass is 10.0. The van der Waals surface area contributed by atoms with Crippen molar-refractivity contribution >= 4 is 44.2 Å². The number of aryl methyl sites for hydroxylation is 1. The lowest BCUT2D eigenvalue weighted by Gasteiger charge is -2.22. The Kier molecular flexibility index (Phi) is 19.2. The molecule has 4 aromatic heterocycles. The van der Waals surface area contributed by atoms with E-state index in [2.05, 4.69) is 19.9 Å². The van der Waals surface area contributed by atoms with Crippen molar-refractivity contribution in [2.24, 2.45) is 5.73 Å². The Morgan fingerprint density at radius 1 is 0.608 bits per heavy atom. The minimum Gasteiger partial charge on any atom is -0.480 e. The Morgan fingerprint density at radius 2 is 1.01 bits per heavy atom. The van der Waals surface area contributed by atoms with Crippen molar-refractivity contribution in [2.45, 2.75) is 78.8 Å². The quantitative estimate of drug-likeness (QED) is 0.110. The fourth-order valence-electron chi connectivity index (χ4n) is 7.45. The Hall–Kier alpha value is -6.45. The summed E-state index contributed by atoms with van der Waals surface area (Å²) in [5, 5.41) is 8.92. The van der Waals surface area contributed by atoms with Gasteiger partial charge in [0.15, 0.2) is 5.78 Å². The number of alkyl halides is 8. The molecule has 3 N–H and O–H groups in total. The van der Waals surface area contributed by atoms with E-state index in [-0.39, 0.29) is 60.1 Å². The average molecular weight is 1110 g/mol. The van der Waals surface area contributed by atoms with Gasteiger partial charge in [-0.05, 0) is 103 Å². The molecular formula is C47H42ClF10N7O7S2. The summed E-state index contributed by atoms with van der Waals surface area (Å²) in [5.41, 5.74) is 6.83. The number of rotatable bonds is 12. The molecule has 0 unspecified atom stereocenters. The number of carbonyl (C=O) groups is 2. The highest BCUT2D eigenvalue weighted by Crippen LogP contribution is 2.33. The number of sulfonamides is 2. The number of carbonyl (C=O) groups excluding carboxylic acids is 1. The summed E-state index contributed by atoms with van der Waals surface area (Å²) in [7, 11) is -8.36. The highest BCUT2D eigenvalue weighted by Gasteiger charge is 2.45. The number of aliphatic carboxylic acids is 1. The van der Waals surface area contributed by atoms with Gasteiger partial charge >= 0.3 is 18.3 Å². The van der Waals surface area contributed by atoms with Gasteiger partial charge < -0.3 is 10.8 Å². The van der Waals surface area contributed by atoms with Gasteiger partial charge in [0.05, 0.1) is 44.0 Å². The monoisotopic (exact) mass is 1110 g/mol. The predicted octanol–water partition coefficient (Wildman–Crippen LogP) is 8.66. The van der Waals surface area contributed by atoms with E-state index < -0.39 is 104 Å². The molecule has 74 heavy (non-hydrogen) atoms. The molecule has 4 atom stereocenters. The first-order chi connectivity index (χ1) is 34.3. The zero-order valence-corrected chi connectivity index (χ0v) is 40.4. The standard InChI is InChI=1S/C24H20F5N3O3S.C12H10F3N3.C11H11F2NO4S.ClH/c25-17-2-5-20(6-3-17)36(34,35)32-14-18(26)12-22(32)23(33)8-4-19-11-15(9-10-30-19)21-7-1-16(13-31-21)24(27,28)29;13-12(14,15)9-1-2-11(18-7-9)8-3-4-17-10(5-8)6-16;12-7-1-3-9(4-2-7)19(17,18)14-6-8(13)5-10(14)11(15)16;/h1-3,5-7,9-11,13,18,22H,4,8,12,14H2;1-5,7H,6,16H2;1-4,8,10H,5-6H2,(H,15,16);1H/t18-,22+;;8-,10+;/m1.1./s1. The van der Waals surface area contributed by atoms with Crippen LogP contribution in [0.25, 0.3) is 22.5 Å². The van der Waals surface area contributed by atoms with Gasteiger partial charge in [-0.1, -0.05) is 0 Å². The summed E-state index contributed by atoms with van der Waals surface area (Å²) in [5.74, 6) is -3.14. The molecule has 2 aromatic carbocycles. The summed E-state index contributed by atoms with van der Waals surface area (Å²) < 4.78 is 181. The number of carboxylic acid groups (broad SMARTS) is 1. The highest BCUT2D eigenvalue weighted by molar-refractivity contribution is 7.89. The third-order valence-electron chi connectivity index (χ3n) is 11.1. The molecule has 0 spiro atoms. The first kappa shape index (κ1) is 58.4. The molecule has 8 rings (SSSR count). The van der Waals surface area contributed by atoms with Crippen LogP contribution in [0.4, 0.5) is 43.9 Å². The molecule has 2 saturated heterocycles. The van der Waals surface area contributed by atoms with Crippen molar-refractivity contribution in [2.75, 3.05) is 13.1 Å². The number of benzene rings is 2. The molecule has 0 saturated carbocycles. The van der Waals surface area contributed by atoms with Crippen molar-refractivity contribution in [1.82, 2.24) is 28.5 Å². The van der Waals surface area contributed by atoms with Crippen molar-refractivity contribution in [3.63, 3.8) is 0 Å². The second-order valence-corrected chi connectivity index (χ2v) is 20.0. The molecule has 2 aliphatic heterocycles. The fraction of sp³-hybridized carbons (Fsp3) is 0.277. The SMILES string of the molecule is Cl.NCc1cc(-c2ccc(C(F)(F)F)cn2)ccn1.O=C(CCc1cc(-c2ccc(C(F)(F)F)cn2)ccn1)[C@@H]1C[C@@H](F)CN1S(=O)(=O)c1ccc(F)cc1.O=C(O)[C@@H]1C[C@@H](F)CN1S(=O)(=O)c1ccc(F)cc1. The van der Waals surface area contributed by atoms with Gasteiger partial charge in [-0.2, -0.15) is 35.0 Å². The molecular weight excluding hydrogens is 1060 g/mol. The number of ketones is 1. The number of aromatic nitrogens is 4. The lowest BCUT2D eigenvalue weighted by molar-refractivity contribution is -0.141. The van der Waals surface area contributed by atoms with Crippen molar-refractivity contribution in [1.29, 1.82) is 0 Å².